The van der Waals surface area contributed by atoms with E-state index in [1.807, 2.05) is 12.3 Å². The Kier molecular flexibility index (Phi) is 3.97. The van der Waals surface area contributed by atoms with Crippen LogP contribution in [-0.2, 0) is 0 Å². The summed E-state index contributed by atoms with van der Waals surface area (Å²) < 4.78 is 1.81. The highest BCUT2D eigenvalue weighted by molar-refractivity contribution is 8.03. The van der Waals surface area contributed by atoms with Gasteiger partial charge in [0, 0.05) is 11.1 Å². The Morgan fingerprint density at radius 2 is 2.18 bits per heavy atom. The van der Waals surface area contributed by atoms with Crippen LogP contribution in [0.15, 0.2) is 31.9 Å². The highest BCUT2D eigenvalue weighted by Crippen LogP contribution is 2.32. The molecule has 3 N–H and O–H groups in total. The van der Waals surface area contributed by atoms with Crippen LogP contribution in [0.1, 0.15) is 5.69 Å². The lowest BCUT2D eigenvalue weighted by Gasteiger charge is -2.00. The normalized spacial score (nSPS) is 10.4. The molecule has 88 valence electrons. The summed E-state index contributed by atoms with van der Waals surface area (Å²) >= 11 is 4.61. The molecule has 8 heteroatoms. The maximum Gasteiger partial charge on any atom is 0.179 e. The molecule has 0 unspecified atom stereocenters. The minimum absolute atomic E-state index is 0.0329. The molecule has 0 amide bonds. The molecule has 0 saturated carbocycles. The van der Waals surface area contributed by atoms with Crippen molar-refractivity contribution in [3.63, 3.8) is 0 Å². The van der Waals surface area contributed by atoms with Crippen LogP contribution >= 0.6 is 34.9 Å². The number of nitrogens with zero attached hydrogens (tertiary/aromatic N) is 3. The molecule has 0 aliphatic rings. The largest absolute Gasteiger partial charge is 0.382 e. The molecule has 0 bridgehead atoms. The van der Waals surface area contributed by atoms with Crippen molar-refractivity contribution in [2.75, 3.05) is 6.26 Å². The molecule has 0 atom stereocenters. The standard InChI is InChI=1S/C9H9N5S3/c1-15-8-13-14-9(17-8)16-5-2-3-12-6(4-5)7(10)11/h2-4H,1H3,(H3,10,11). The molecule has 0 aromatic carbocycles. The fourth-order valence-electron chi connectivity index (χ4n) is 1.04. The molecule has 0 spiro atoms. The van der Waals surface area contributed by atoms with Crippen LogP contribution in [0.25, 0.3) is 0 Å². The van der Waals surface area contributed by atoms with Gasteiger partial charge < -0.3 is 5.73 Å². The van der Waals surface area contributed by atoms with Gasteiger partial charge in [0.25, 0.3) is 0 Å². The van der Waals surface area contributed by atoms with Crippen molar-refractivity contribution < 1.29 is 0 Å². The van der Waals surface area contributed by atoms with Crippen molar-refractivity contribution in [3.05, 3.63) is 24.0 Å². The first-order valence-corrected chi connectivity index (χ1v) is 7.40. The lowest BCUT2D eigenvalue weighted by molar-refractivity contribution is 0.955. The van der Waals surface area contributed by atoms with Gasteiger partial charge in [-0.25, -0.2) is 0 Å². The number of nitrogens with one attached hydrogen (secondary N) is 1. The van der Waals surface area contributed by atoms with Gasteiger partial charge in [0.05, 0.1) is 0 Å². The number of nitrogens with two attached hydrogens (primary N) is 1. The number of amidine groups is 1. The first kappa shape index (κ1) is 12.3. The van der Waals surface area contributed by atoms with Crippen molar-refractivity contribution in [1.29, 1.82) is 5.41 Å². The lowest BCUT2D eigenvalue weighted by Crippen LogP contribution is -2.12. The van der Waals surface area contributed by atoms with E-state index < -0.39 is 0 Å². The summed E-state index contributed by atoms with van der Waals surface area (Å²) in [5.74, 6) is -0.0329. The molecule has 5 nitrogen and oxygen atoms in total. The predicted octanol–water partition coefficient (Wildman–Crippen LogP) is 2.09. The number of aromatic nitrogens is 3. The first-order valence-electron chi connectivity index (χ1n) is 4.55. The van der Waals surface area contributed by atoms with Crippen LogP contribution in [0.3, 0.4) is 0 Å². The number of thioether (sulfide) groups is 1. The molecule has 0 fully saturated rings. The molecule has 2 aromatic rings. The summed E-state index contributed by atoms with van der Waals surface area (Å²) in [5, 5.41) is 15.4. The molecular formula is C9H9N5S3. The molecule has 0 aliphatic carbocycles. The summed E-state index contributed by atoms with van der Waals surface area (Å²) in [5.41, 5.74) is 5.86. The van der Waals surface area contributed by atoms with Crippen molar-refractivity contribution >= 4 is 40.7 Å². The van der Waals surface area contributed by atoms with E-state index in [-0.39, 0.29) is 5.84 Å². The van der Waals surface area contributed by atoms with Gasteiger partial charge in [-0.1, -0.05) is 34.9 Å². The highest BCUT2D eigenvalue weighted by Gasteiger charge is 2.06. The van der Waals surface area contributed by atoms with E-state index in [9.17, 15) is 0 Å². The third-order valence-corrected chi connectivity index (χ3v) is 4.71. The van der Waals surface area contributed by atoms with Crippen molar-refractivity contribution in [3.8, 4) is 0 Å². The van der Waals surface area contributed by atoms with E-state index in [2.05, 4.69) is 15.2 Å². The van der Waals surface area contributed by atoms with Crippen molar-refractivity contribution in [1.82, 2.24) is 15.2 Å². The Morgan fingerprint density at radius 1 is 1.41 bits per heavy atom. The second-order valence-electron chi connectivity index (χ2n) is 2.93. The minimum atomic E-state index is -0.0329. The third kappa shape index (κ3) is 3.18. The van der Waals surface area contributed by atoms with E-state index >= 15 is 0 Å². The number of hydrogen-bond donors (Lipinski definition) is 2. The summed E-state index contributed by atoms with van der Waals surface area (Å²) in [6.45, 7) is 0. The third-order valence-electron chi connectivity index (χ3n) is 1.78. The second kappa shape index (κ2) is 5.48. The number of rotatable bonds is 4. The first-order chi connectivity index (χ1) is 8.19. The SMILES string of the molecule is CSc1nnc(Sc2ccnc(C(=N)N)c2)s1. The molecule has 2 rings (SSSR count). The van der Waals surface area contributed by atoms with Crippen LogP contribution in [0, 0.1) is 5.41 Å². The van der Waals surface area contributed by atoms with E-state index in [4.69, 9.17) is 11.1 Å². The highest BCUT2D eigenvalue weighted by atomic mass is 32.2. The minimum Gasteiger partial charge on any atom is -0.382 e. The quantitative estimate of drug-likeness (QED) is 0.507. The monoisotopic (exact) mass is 283 g/mol. The van der Waals surface area contributed by atoms with E-state index in [0.717, 1.165) is 13.6 Å². The molecule has 0 radical (unpaired) electrons. The predicted molar refractivity (Wildman–Crippen MR) is 71.1 cm³/mol. The fourth-order valence-corrected chi connectivity index (χ4v) is 3.48. The molecule has 0 aliphatic heterocycles. The zero-order valence-corrected chi connectivity index (χ0v) is 11.3. The summed E-state index contributed by atoms with van der Waals surface area (Å²) in [6, 6.07) is 3.63. The maximum absolute atomic E-state index is 7.32. The van der Waals surface area contributed by atoms with E-state index in [0.29, 0.717) is 5.69 Å². The Hall–Kier alpha value is -1.12. The van der Waals surface area contributed by atoms with Gasteiger partial charge in [0.15, 0.2) is 8.68 Å². The molecule has 2 aromatic heterocycles. The van der Waals surface area contributed by atoms with Crippen LogP contribution < -0.4 is 5.73 Å². The fraction of sp³-hybridized carbons (Fsp3) is 0.111. The van der Waals surface area contributed by atoms with Crippen LogP contribution in [0.5, 0.6) is 0 Å². The average Bonchev–Trinajstić information content (AvgIpc) is 2.77. The topological polar surface area (TPSA) is 88.5 Å². The summed E-state index contributed by atoms with van der Waals surface area (Å²) in [7, 11) is 0. The Labute approximate surface area is 111 Å². The molecular weight excluding hydrogens is 274 g/mol. The van der Waals surface area contributed by atoms with Gasteiger partial charge in [-0.15, -0.1) is 10.2 Å². The van der Waals surface area contributed by atoms with Gasteiger partial charge in [0.2, 0.25) is 0 Å². The van der Waals surface area contributed by atoms with Crippen LogP contribution in [0.2, 0.25) is 0 Å². The average molecular weight is 283 g/mol. The van der Waals surface area contributed by atoms with Crippen LogP contribution in [0.4, 0.5) is 0 Å². The lowest BCUT2D eigenvalue weighted by atomic mass is 10.3. The molecule has 2 heterocycles. The smallest absolute Gasteiger partial charge is 0.179 e. The van der Waals surface area contributed by atoms with Crippen molar-refractivity contribution in [2.24, 2.45) is 5.73 Å². The van der Waals surface area contributed by atoms with Gasteiger partial charge in [-0.3, -0.25) is 10.4 Å². The molecule has 17 heavy (non-hydrogen) atoms. The van der Waals surface area contributed by atoms with Gasteiger partial charge >= 0.3 is 0 Å². The zero-order valence-electron chi connectivity index (χ0n) is 8.88. The van der Waals surface area contributed by atoms with Crippen LogP contribution in [-0.4, -0.2) is 27.3 Å². The van der Waals surface area contributed by atoms with Crippen molar-refractivity contribution in [2.45, 2.75) is 13.6 Å². The van der Waals surface area contributed by atoms with Gasteiger partial charge in [-0.2, -0.15) is 0 Å². The summed E-state index contributed by atoms with van der Waals surface area (Å²) in [6.07, 6.45) is 3.60. The Balaban J connectivity index is 2.18. The van der Waals surface area contributed by atoms with Gasteiger partial charge in [-0.05, 0) is 18.4 Å². The Bertz CT molecular complexity index is 539. The number of nitrogen functional groups attached to an aromatic ring is 1. The second-order valence-corrected chi connectivity index (χ2v) is 6.28. The number of hydrogen-bond acceptors (Lipinski definition) is 7. The number of pyridine rings is 1. The maximum atomic E-state index is 7.32. The Morgan fingerprint density at radius 3 is 2.82 bits per heavy atom. The zero-order chi connectivity index (χ0) is 12.3. The van der Waals surface area contributed by atoms with E-state index in [1.165, 1.54) is 11.8 Å². The van der Waals surface area contributed by atoms with Gasteiger partial charge in [0.1, 0.15) is 11.5 Å². The van der Waals surface area contributed by atoms with E-state index in [1.54, 1.807) is 35.4 Å². The summed E-state index contributed by atoms with van der Waals surface area (Å²) in [4.78, 5) is 4.96. The molecule has 0 saturated heterocycles.